The molecule has 4 aromatic rings. The summed E-state index contributed by atoms with van der Waals surface area (Å²) in [6, 6.07) is 22.5. The van der Waals surface area contributed by atoms with Crippen LogP contribution in [-0.2, 0) is 4.74 Å². The van der Waals surface area contributed by atoms with Gasteiger partial charge in [-0.05, 0) is 49.4 Å². The molecule has 4 rings (SSSR count). The SMILES string of the molecule is CCOC(=O)c1cnc2c(N)cccc2c1Nc1ccc(Oc2ccccc2)cc1. The summed E-state index contributed by atoms with van der Waals surface area (Å²) in [5, 5.41) is 4.06. The second-order valence-electron chi connectivity index (χ2n) is 6.58. The molecule has 0 radical (unpaired) electrons. The van der Waals surface area contributed by atoms with Crippen molar-refractivity contribution in [2.75, 3.05) is 17.7 Å². The van der Waals surface area contributed by atoms with E-state index in [1.165, 1.54) is 6.20 Å². The van der Waals surface area contributed by atoms with Crippen LogP contribution in [0.2, 0.25) is 0 Å². The topological polar surface area (TPSA) is 86.5 Å². The zero-order valence-electron chi connectivity index (χ0n) is 16.5. The van der Waals surface area contributed by atoms with E-state index in [0.29, 0.717) is 28.2 Å². The number of nitrogens with one attached hydrogen (secondary N) is 1. The number of hydrogen-bond acceptors (Lipinski definition) is 6. The highest BCUT2D eigenvalue weighted by molar-refractivity contribution is 6.08. The van der Waals surface area contributed by atoms with Crippen molar-refractivity contribution < 1.29 is 14.3 Å². The van der Waals surface area contributed by atoms with Crippen molar-refractivity contribution >= 4 is 33.9 Å². The van der Waals surface area contributed by atoms with E-state index in [4.69, 9.17) is 15.2 Å². The predicted octanol–water partition coefficient (Wildman–Crippen LogP) is 5.53. The van der Waals surface area contributed by atoms with Crippen LogP contribution in [-0.4, -0.2) is 17.6 Å². The Bertz CT molecular complexity index is 1180. The molecule has 0 bridgehead atoms. The summed E-state index contributed by atoms with van der Waals surface area (Å²) >= 11 is 0. The molecule has 0 aliphatic carbocycles. The van der Waals surface area contributed by atoms with E-state index in [9.17, 15) is 4.79 Å². The number of rotatable bonds is 6. The highest BCUT2D eigenvalue weighted by atomic mass is 16.5. The third-order valence-electron chi connectivity index (χ3n) is 4.53. The number of carbonyl (C=O) groups excluding carboxylic acids is 1. The van der Waals surface area contributed by atoms with E-state index >= 15 is 0 Å². The minimum Gasteiger partial charge on any atom is -0.462 e. The minimum absolute atomic E-state index is 0.277. The van der Waals surface area contributed by atoms with Crippen molar-refractivity contribution in [1.82, 2.24) is 4.98 Å². The average Bonchev–Trinajstić information content (AvgIpc) is 2.76. The number of carbonyl (C=O) groups is 1. The van der Waals surface area contributed by atoms with Gasteiger partial charge in [-0.25, -0.2) is 4.79 Å². The first-order valence-electron chi connectivity index (χ1n) is 9.60. The van der Waals surface area contributed by atoms with Crippen LogP contribution >= 0.6 is 0 Å². The molecule has 0 saturated heterocycles. The lowest BCUT2D eigenvalue weighted by Crippen LogP contribution is -2.09. The zero-order chi connectivity index (χ0) is 20.9. The molecule has 0 aliphatic rings. The van der Waals surface area contributed by atoms with Gasteiger partial charge < -0.3 is 20.5 Å². The smallest absolute Gasteiger partial charge is 0.341 e. The lowest BCUT2D eigenvalue weighted by atomic mass is 10.1. The monoisotopic (exact) mass is 399 g/mol. The number of pyridine rings is 1. The first-order chi connectivity index (χ1) is 14.7. The van der Waals surface area contributed by atoms with Crippen LogP contribution in [0.3, 0.4) is 0 Å². The summed E-state index contributed by atoms with van der Waals surface area (Å²) in [7, 11) is 0. The fourth-order valence-corrected chi connectivity index (χ4v) is 3.12. The number of nitrogens with two attached hydrogens (primary N) is 1. The van der Waals surface area contributed by atoms with Gasteiger partial charge >= 0.3 is 5.97 Å². The van der Waals surface area contributed by atoms with Crippen molar-refractivity contribution in [3.8, 4) is 11.5 Å². The molecule has 3 N–H and O–H groups in total. The molecule has 0 saturated carbocycles. The minimum atomic E-state index is -0.444. The van der Waals surface area contributed by atoms with Crippen LogP contribution in [0.1, 0.15) is 17.3 Å². The maximum absolute atomic E-state index is 12.5. The molecule has 1 heterocycles. The van der Waals surface area contributed by atoms with Gasteiger partial charge in [0, 0.05) is 17.3 Å². The molecule has 30 heavy (non-hydrogen) atoms. The summed E-state index contributed by atoms with van der Waals surface area (Å²) < 4.78 is 11.0. The van der Waals surface area contributed by atoms with Crippen molar-refractivity contribution in [1.29, 1.82) is 0 Å². The molecule has 0 spiro atoms. The number of benzene rings is 3. The number of nitrogens with zero attached hydrogens (tertiary/aromatic N) is 1. The van der Waals surface area contributed by atoms with E-state index < -0.39 is 5.97 Å². The van der Waals surface area contributed by atoms with E-state index in [2.05, 4.69) is 10.3 Å². The number of hydrogen-bond donors (Lipinski definition) is 2. The molecular formula is C24H21N3O3. The van der Waals surface area contributed by atoms with Crippen molar-refractivity contribution in [2.45, 2.75) is 6.92 Å². The summed E-state index contributed by atoms with van der Waals surface area (Å²) in [6.45, 7) is 2.04. The summed E-state index contributed by atoms with van der Waals surface area (Å²) in [5.74, 6) is 1.03. The summed E-state index contributed by atoms with van der Waals surface area (Å²) in [4.78, 5) is 16.8. The van der Waals surface area contributed by atoms with Crippen molar-refractivity contribution in [2.24, 2.45) is 0 Å². The average molecular weight is 399 g/mol. The molecule has 0 atom stereocenters. The molecule has 3 aromatic carbocycles. The summed E-state index contributed by atoms with van der Waals surface area (Å²) in [5.41, 5.74) is 8.97. The molecule has 0 amide bonds. The number of esters is 1. The number of anilines is 3. The third-order valence-corrected chi connectivity index (χ3v) is 4.53. The van der Waals surface area contributed by atoms with Crippen LogP contribution < -0.4 is 15.8 Å². The lowest BCUT2D eigenvalue weighted by molar-refractivity contribution is 0.0527. The Kier molecular flexibility index (Phi) is 5.48. The Morgan fingerprint density at radius 2 is 1.70 bits per heavy atom. The molecule has 6 heteroatoms. The molecular weight excluding hydrogens is 378 g/mol. The summed E-state index contributed by atoms with van der Waals surface area (Å²) in [6.07, 6.45) is 1.49. The predicted molar refractivity (Wildman–Crippen MR) is 118 cm³/mol. The lowest BCUT2D eigenvalue weighted by Gasteiger charge is -2.15. The fraction of sp³-hybridized carbons (Fsp3) is 0.0833. The van der Waals surface area contributed by atoms with Crippen LogP contribution in [0.4, 0.5) is 17.1 Å². The maximum atomic E-state index is 12.5. The Morgan fingerprint density at radius 3 is 2.43 bits per heavy atom. The number of para-hydroxylation sites is 2. The second kappa shape index (κ2) is 8.53. The Morgan fingerprint density at radius 1 is 0.967 bits per heavy atom. The van der Waals surface area contributed by atoms with E-state index in [-0.39, 0.29) is 6.61 Å². The van der Waals surface area contributed by atoms with Gasteiger partial charge in [-0.1, -0.05) is 30.3 Å². The van der Waals surface area contributed by atoms with Gasteiger partial charge in [0.15, 0.2) is 0 Å². The van der Waals surface area contributed by atoms with E-state index in [1.807, 2.05) is 66.7 Å². The van der Waals surface area contributed by atoms with E-state index in [1.54, 1.807) is 13.0 Å². The molecule has 150 valence electrons. The highest BCUT2D eigenvalue weighted by Gasteiger charge is 2.18. The molecule has 6 nitrogen and oxygen atoms in total. The molecule has 1 aromatic heterocycles. The molecule has 0 unspecified atom stereocenters. The number of ether oxygens (including phenoxy) is 2. The normalized spacial score (nSPS) is 10.6. The van der Waals surface area contributed by atoms with Gasteiger partial charge in [0.05, 0.1) is 23.5 Å². The van der Waals surface area contributed by atoms with Crippen molar-refractivity contribution in [3.05, 3.63) is 84.6 Å². The quantitative estimate of drug-likeness (QED) is 0.327. The number of fused-ring (bicyclic) bond motifs is 1. The maximum Gasteiger partial charge on any atom is 0.341 e. The van der Waals surface area contributed by atoms with Crippen LogP contribution in [0.25, 0.3) is 10.9 Å². The van der Waals surface area contributed by atoms with Gasteiger partial charge in [0.1, 0.15) is 17.1 Å². The van der Waals surface area contributed by atoms with Crippen LogP contribution in [0.5, 0.6) is 11.5 Å². The Balaban J connectivity index is 1.67. The number of aromatic nitrogens is 1. The van der Waals surface area contributed by atoms with Gasteiger partial charge in [-0.15, -0.1) is 0 Å². The van der Waals surface area contributed by atoms with Gasteiger partial charge in [0.2, 0.25) is 0 Å². The Hall–Kier alpha value is -4.06. The largest absolute Gasteiger partial charge is 0.462 e. The standard InChI is InChI=1S/C24H21N3O3/c1-2-29-24(28)20-15-26-23-19(9-6-10-21(23)25)22(20)27-16-11-13-18(14-12-16)30-17-7-4-3-5-8-17/h3-15H,2,25H2,1H3,(H,26,27). The van der Waals surface area contributed by atoms with Gasteiger partial charge in [-0.3, -0.25) is 4.98 Å². The van der Waals surface area contributed by atoms with Crippen molar-refractivity contribution in [3.63, 3.8) is 0 Å². The van der Waals surface area contributed by atoms with Crippen LogP contribution in [0.15, 0.2) is 79.0 Å². The van der Waals surface area contributed by atoms with Gasteiger partial charge in [0.25, 0.3) is 0 Å². The zero-order valence-corrected chi connectivity index (χ0v) is 16.5. The highest BCUT2D eigenvalue weighted by Crippen LogP contribution is 2.33. The van der Waals surface area contributed by atoms with Crippen LogP contribution in [0, 0.1) is 0 Å². The number of nitrogen functional groups attached to an aromatic ring is 1. The van der Waals surface area contributed by atoms with E-state index in [0.717, 1.165) is 16.8 Å². The molecule has 0 fully saturated rings. The van der Waals surface area contributed by atoms with Gasteiger partial charge in [-0.2, -0.15) is 0 Å². The third kappa shape index (κ3) is 4.03. The fourth-order valence-electron chi connectivity index (χ4n) is 3.12. The Labute approximate surface area is 174 Å². The first-order valence-corrected chi connectivity index (χ1v) is 9.60. The second-order valence-corrected chi connectivity index (χ2v) is 6.58. The first kappa shape index (κ1) is 19.3. The molecule has 0 aliphatic heterocycles.